The van der Waals surface area contributed by atoms with Crippen molar-refractivity contribution in [1.29, 1.82) is 0 Å². The largest absolute Gasteiger partial charge is 0.391 e. The zero-order chi connectivity index (χ0) is 17.6. The van der Waals surface area contributed by atoms with Crippen molar-refractivity contribution in [2.45, 2.75) is 11.0 Å². The molecule has 2 aromatic rings. The van der Waals surface area contributed by atoms with Crippen LogP contribution in [0.5, 0.6) is 0 Å². The summed E-state index contributed by atoms with van der Waals surface area (Å²) in [6, 6.07) is 14.8. The van der Waals surface area contributed by atoms with Crippen LogP contribution in [0.3, 0.4) is 0 Å². The minimum Gasteiger partial charge on any atom is -0.391 e. The molecule has 1 N–H and O–H groups in total. The molecule has 0 spiro atoms. The van der Waals surface area contributed by atoms with Gasteiger partial charge in [0.25, 0.3) is 0 Å². The summed E-state index contributed by atoms with van der Waals surface area (Å²) in [4.78, 5) is 5.73. The standard InChI is InChI=1S/C19H22BrFN2OS/c20-15-1-7-19(8-2-15)25-14-18(24)13-22-9-11-23(12-10-22)17-5-3-16(21)4-6-17/h1-8,18,24H,9-14H2/t18-/m1/s1. The van der Waals surface area contributed by atoms with Gasteiger partial charge in [0.1, 0.15) is 5.82 Å². The summed E-state index contributed by atoms with van der Waals surface area (Å²) in [5.74, 6) is 0.494. The number of β-amino-alcohol motifs (C(OH)–C–C–N with tert-alkyl or cyclic N) is 1. The summed E-state index contributed by atoms with van der Waals surface area (Å²) in [5.41, 5.74) is 1.06. The van der Waals surface area contributed by atoms with E-state index in [1.165, 1.54) is 17.0 Å². The number of thioether (sulfide) groups is 1. The highest BCUT2D eigenvalue weighted by molar-refractivity contribution is 9.10. The summed E-state index contributed by atoms with van der Waals surface area (Å²) in [7, 11) is 0. The summed E-state index contributed by atoms with van der Waals surface area (Å²) >= 11 is 5.11. The predicted octanol–water partition coefficient (Wildman–Crippen LogP) is 3.86. The summed E-state index contributed by atoms with van der Waals surface area (Å²) in [5, 5.41) is 10.3. The van der Waals surface area contributed by atoms with Crippen LogP contribution in [0.4, 0.5) is 10.1 Å². The first kappa shape index (κ1) is 18.7. The molecule has 6 heteroatoms. The molecule has 1 heterocycles. The van der Waals surface area contributed by atoms with Gasteiger partial charge in [0.15, 0.2) is 0 Å². The molecule has 0 aromatic heterocycles. The Kier molecular flexibility index (Phi) is 6.76. The highest BCUT2D eigenvalue weighted by atomic mass is 79.9. The smallest absolute Gasteiger partial charge is 0.123 e. The summed E-state index contributed by atoms with van der Waals surface area (Å²) < 4.78 is 14.1. The number of hydrogen-bond donors (Lipinski definition) is 1. The lowest BCUT2D eigenvalue weighted by molar-refractivity contribution is 0.126. The van der Waals surface area contributed by atoms with E-state index in [1.807, 2.05) is 24.3 Å². The Balaban J connectivity index is 1.40. The van der Waals surface area contributed by atoms with Gasteiger partial charge in [-0.2, -0.15) is 0 Å². The predicted molar refractivity (Wildman–Crippen MR) is 106 cm³/mol. The SMILES string of the molecule is O[C@@H](CSc1ccc(Br)cc1)CN1CCN(c2ccc(F)cc2)CC1. The van der Waals surface area contributed by atoms with Gasteiger partial charge >= 0.3 is 0 Å². The van der Waals surface area contributed by atoms with Crippen molar-refractivity contribution < 1.29 is 9.50 Å². The average molecular weight is 425 g/mol. The van der Waals surface area contributed by atoms with Crippen molar-refractivity contribution in [3.05, 3.63) is 58.8 Å². The summed E-state index contributed by atoms with van der Waals surface area (Å²) in [6.45, 7) is 4.33. The maximum absolute atomic E-state index is 13.0. The second-order valence-corrected chi connectivity index (χ2v) is 8.19. The van der Waals surface area contributed by atoms with Gasteiger partial charge < -0.3 is 10.0 Å². The fourth-order valence-corrected chi connectivity index (χ4v) is 4.00. The molecular formula is C19H22BrFN2OS. The zero-order valence-electron chi connectivity index (χ0n) is 13.9. The van der Waals surface area contributed by atoms with E-state index in [-0.39, 0.29) is 11.9 Å². The number of nitrogens with zero attached hydrogens (tertiary/aromatic N) is 2. The van der Waals surface area contributed by atoms with Crippen molar-refractivity contribution in [3.8, 4) is 0 Å². The van der Waals surface area contributed by atoms with Crippen molar-refractivity contribution in [2.24, 2.45) is 0 Å². The van der Waals surface area contributed by atoms with E-state index in [0.717, 1.165) is 36.3 Å². The Hall–Kier alpha value is -1.08. The number of piperazine rings is 1. The van der Waals surface area contributed by atoms with E-state index < -0.39 is 0 Å². The van der Waals surface area contributed by atoms with Gasteiger partial charge in [0, 0.05) is 53.5 Å². The molecule has 1 atom stereocenters. The van der Waals surface area contributed by atoms with E-state index in [1.54, 1.807) is 11.8 Å². The number of hydrogen-bond acceptors (Lipinski definition) is 4. The molecule has 0 aliphatic carbocycles. The van der Waals surface area contributed by atoms with E-state index in [2.05, 4.69) is 37.9 Å². The highest BCUT2D eigenvalue weighted by Gasteiger charge is 2.19. The van der Waals surface area contributed by atoms with E-state index in [9.17, 15) is 9.50 Å². The molecule has 1 aliphatic heterocycles. The van der Waals surface area contributed by atoms with Gasteiger partial charge in [0.05, 0.1) is 6.10 Å². The van der Waals surface area contributed by atoms with Gasteiger partial charge in [0.2, 0.25) is 0 Å². The molecule has 0 radical (unpaired) electrons. The van der Waals surface area contributed by atoms with Crippen molar-refractivity contribution in [2.75, 3.05) is 43.4 Å². The first-order chi connectivity index (χ1) is 12.1. The highest BCUT2D eigenvalue weighted by Crippen LogP contribution is 2.22. The molecule has 1 aliphatic rings. The Morgan fingerprint density at radius 3 is 2.28 bits per heavy atom. The van der Waals surface area contributed by atoms with Gasteiger partial charge in [-0.1, -0.05) is 15.9 Å². The van der Waals surface area contributed by atoms with E-state index in [0.29, 0.717) is 12.3 Å². The molecule has 1 saturated heterocycles. The van der Waals surface area contributed by atoms with Crippen LogP contribution in [-0.4, -0.2) is 54.6 Å². The normalized spacial score (nSPS) is 16.8. The second-order valence-electron chi connectivity index (χ2n) is 6.18. The number of aliphatic hydroxyl groups excluding tert-OH is 1. The fraction of sp³-hybridized carbons (Fsp3) is 0.368. The van der Waals surface area contributed by atoms with Crippen LogP contribution in [0.1, 0.15) is 0 Å². The Labute approximate surface area is 161 Å². The topological polar surface area (TPSA) is 26.7 Å². The molecular weight excluding hydrogens is 403 g/mol. The Morgan fingerprint density at radius 1 is 1.00 bits per heavy atom. The van der Waals surface area contributed by atoms with Gasteiger partial charge in [-0.25, -0.2) is 4.39 Å². The average Bonchev–Trinajstić information content (AvgIpc) is 2.63. The molecule has 0 amide bonds. The van der Waals surface area contributed by atoms with Crippen LogP contribution in [0.25, 0.3) is 0 Å². The number of aliphatic hydroxyl groups is 1. The fourth-order valence-electron chi connectivity index (χ4n) is 2.91. The van der Waals surface area contributed by atoms with E-state index >= 15 is 0 Å². The van der Waals surface area contributed by atoms with Crippen LogP contribution in [0.15, 0.2) is 57.9 Å². The monoisotopic (exact) mass is 424 g/mol. The second kappa shape index (κ2) is 9.03. The molecule has 0 bridgehead atoms. The van der Waals surface area contributed by atoms with Crippen molar-refractivity contribution in [3.63, 3.8) is 0 Å². The van der Waals surface area contributed by atoms with Gasteiger partial charge in [-0.05, 0) is 48.5 Å². The van der Waals surface area contributed by atoms with Crippen LogP contribution >= 0.6 is 27.7 Å². The Bertz CT molecular complexity index is 660. The number of benzene rings is 2. The van der Waals surface area contributed by atoms with Gasteiger partial charge in [-0.15, -0.1) is 11.8 Å². The lowest BCUT2D eigenvalue weighted by Gasteiger charge is -2.36. The van der Waals surface area contributed by atoms with Crippen LogP contribution in [-0.2, 0) is 0 Å². The van der Waals surface area contributed by atoms with Crippen LogP contribution in [0.2, 0.25) is 0 Å². The molecule has 3 nitrogen and oxygen atoms in total. The minimum absolute atomic E-state index is 0.200. The molecule has 0 unspecified atom stereocenters. The van der Waals surface area contributed by atoms with Crippen molar-refractivity contribution in [1.82, 2.24) is 4.90 Å². The van der Waals surface area contributed by atoms with Gasteiger partial charge in [-0.3, -0.25) is 4.90 Å². The molecule has 2 aromatic carbocycles. The number of rotatable bonds is 6. The number of anilines is 1. The third kappa shape index (κ3) is 5.71. The molecule has 134 valence electrons. The molecule has 1 fully saturated rings. The zero-order valence-corrected chi connectivity index (χ0v) is 16.3. The quantitative estimate of drug-likeness (QED) is 0.712. The molecule has 3 rings (SSSR count). The summed E-state index contributed by atoms with van der Waals surface area (Å²) in [6.07, 6.45) is -0.342. The Morgan fingerprint density at radius 2 is 1.64 bits per heavy atom. The third-order valence-electron chi connectivity index (χ3n) is 4.29. The maximum atomic E-state index is 13.0. The molecule has 25 heavy (non-hydrogen) atoms. The number of halogens is 2. The van der Waals surface area contributed by atoms with E-state index in [4.69, 9.17) is 0 Å². The minimum atomic E-state index is -0.342. The van der Waals surface area contributed by atoms with Crippen LogP contribution in [0, 0.1) is 5.82 Å². The first-order valence-corrected chi connectivity index (χ1v) is 10.2. The first-order valence-electron chi connectivity index (χ1n) is 8.39. The lowest BCUT2D eigenvalue weighted by atomic mass is 10.2. The lowest BCUT2D eigenvalue weighted by Crippen LogP contribution is -2.48. The van der Waals surface area contributed by atoms with Crippen LogP contribution < -0.4 is 4.90 Å². The molecule has 0 saturated carbocycles. The third-order valence-corrected chi connectivity index (χ3v) is 5.97. The van der Waals surface area contributed by atoms with Crippen molar-refractivity contribution >= 4 is 33.4 Å². The maximum Gasteiger partial charge on any atom is 0.123 e.